The second-order valence-corrected chi connectivity index (χ2v) is 8.25. The number of fused-ring (bicyclic) bond motifs is 1. The summed E-state index contributed by atoms with van der Waals surface area (Å²) < 4.78 is 31.5. The number of esters is 1. The summed E-state index contributed by atoms with van der Waals surface area (Å²) in [5.41, 5.74) is 1.11. The molecule has 0 bridgehead atoms. The fourth-order valence-corrected chi connectivity index (χ4v) is 5.72. The molecule has 2 atom stereocenters. The second kappa shape index (κ2) is 6.46. The third-order valence-corrected chi connectivity index (χ3v) is 6.92. The standard InChI is InChI=1S/C14H21NO4S2/c1-4-12-11-6-8-20-13(11)5-7-15(12)21(17,18)9-10(2)14(16)19-3/h6,8,10,12H,4-5,7,9H2,1-3H3/t10-,12-/m1/s1. The summed E-state index contributed by atoms with van der Waals surface area (Å²) in [5.74, 6) is -1.34. The molecule has 2 rings (SSSR count). The van der Waals surface area contributed by atoms with E-state index >= 15 is 0 Å². The number of methoxy groups -OCH3 is 1. The molecular formula is C14H21NO4S2. The van der Waals surface area contributed by atoms with Crippen LogP contribution in [0.2, 0.25) is 0 Å². The van der Waals surface area contributed by atoms with E-state index in [0.717, 1.165) is 18.4 Å². The monoisotopic (exact) mass is 331 g/mol. The van der Waals surface area contributed by atoms with Gasteiger partial charge in [0.15, 0.2) is 0 Å². The molecule has 0 fully saturated rings. The minimum Gasteiger partial charge on any atom is -0.469 e. The van der Waals surface area contributed by atoms with Gasteiger partial charge in [-0.1, -0.05) is 13.8 Å². The first-order chi connectivity index (χ1) is 9.90. The van der Waals surface area contributed by atoms with Gasteiger partial charge in [0.25, 0.3) is 0 Å². The molecule has 0 saturated heterocycles. The molecular weight excluding hydrogens is 310 g/mol. The Bertz CT molecular complexity index is 608. The predicted molar refractivity (Wildman–Crippen MR) is 82.7 cm³/mol. The van der Waals surface area contributed by atoms with Crippen LogP contribution in [-0.4, -0.2) is 38.1 Å². The lowest BCUT2D eigenvalue weighted by Gasteiger charge is -2.34. The maximum Gasteiger partial charge on any atom is 0.309 e. The second-order valence-electron chi connectivity index (χ2n) is 5.29. The average Bonchev–Trinajstić information content (AvgIpc) is 2.92. The molecule has 21 heavy (non-hydrogen) atoms. The lowest BCUT2D eigenvalue weighted by molar-refractivity contribution is -0.144. The van der Waals surface area contributed by atoms with Crippen molar-refractivity contribution in [1.29, 1.82) is 0 Å². The van der Waals surface area contributed by atoms with Gasteiger partial charge in [0, 0.05) is 11.4 Å². The minimum absolute atomic E-state index is 0.116. The molecule has 0 unspecified atom stereocenters. The van der Waals surface area contributed by atoms with Crippen LogP contribution in [0.15, 0.2) is 11.4 Å². The van der Waals surface area contributed by atoms with Crippen LogP contribution >= 0.6 is 11.3 Å². The Hall–Kier alpha value is -0.920. The van der Waals surface area contributed by atoms with Gasteiger partial charge < -0.3 is 4.74 Å². The predicted octanol–water partition coefficient (Wildman–Crippen LogP) is 2.20. The van der Waals surface area contributed by atoms with Crippen LogP contribution in [-0.2, 0) is 26.0 Å². The van der Waals surface area contributed by atoms with Gasteiger partial charge in [-0.15, -0.1) is 11.3 Å². The number of ether oxygens (including phenoxy) is 1. The first-order valence-corrected chi connectivity index (χ1v) is 9.53. The third kappa shape index (κ3) is 3.30. The zero-order valence-electron chi connectivity index (χ0n) is 12.5. The van der Waals surface area contributed by atoms with Crippen LogP contribution in [0.1, 0.15) is 36.8 Å². The number of nitrogens with zero attached hydrogens (tertiary/aromatic N) is 1. The molecule has 0 radical (unpaired) electrons. The number of hydrogen-bond acceptors (Lipinski definition) is 5. The van der Waals surface area contributed by atoms with Gasteiger partial charge in [0.1, 0.15) is 0 Å². The number of thiophene rings is 1. The highest BCUT2D eigenvalue weighted by atomic mass is 32.2. The van der Waals surface area contributed by atoms with Gasteiger partial charge in [-0.3, -0.25) is 4.79 Å². The van der Waals surface area contributed by atoms with E-state index in [-0.39, 0.29) is 11.8 Å². The van der Waals surface area contributed by atoms with E-state index in [0.29, 0.717) is 6.54 Å². The quantitative estimate of drug-likeness (QED) is 0.776. The SMILES string of the molecule is CC[C@@H]1c2ccsc2CCN1S(=O)(=O)C[C@@H](C)C(=O)OC. The molecule has 7 heteroatoms. The maximum absolute atomic E-state index is 12.6. The number of sulfonamides is 1. The summed E-state index contributed by atoms with van der Waals surface area (Å²) in [6, 6.07) is 1.90. The summed E-state index contributed by atoms with van der Waals surface area (Å²) in [7, 11) is -2.21. The first-order valence-electron chi connectivity index (χ1n) is 7.04. The van der Waals surface area contributed by atoms with Crippen molar-refractivity contribution in [3.63, 3.8) is 0 Å². The molecule has 2 heterocycles. The summed E-state index contributed by atoms with van der Waals surface area (Å²) in [6.45, 7) is 4.07. The van der Waals surface area contributed by atoms with E-state index in [1.807, 2.05) is 18.4 Å². The Morgan fingerprint density at radius 2 is 2.29 bits per heavy atom. The zero-order valence-corrected chi connectivity index (χ0v) is 14.2. The van der Waals surface area contributed by atoms with Crippen molar-refractivity contribution in [2.24, 2.45) is 5.92 Å². The smallest absolute Gasteiger partial charge is 0.309 e. The van der Waals surface area contributed by atoms with Gasteiger partial charge in [-0.2, -0.15) is 4.31 Å². The Balaban J connectivity index is 2.22. The lowest BCUT2D eigenvalue weighted by atomic mass is 10.0. The van der Waals surface area contributed by atoms with Crippen molar-refractivity contribution in [2.45, 2.75) is 32.7 Å². The Morgan fingerprint density at radius 1 is 1.57 bits per heavy atom. The van der Waals surface area contributed by atoms with Crippen molar-refractivity contribution in [3.05, 3.63) is 21.9 Å². The molecule has 0 spiro atoms. The highest BCUT2D eigenvalue weighted by Gasteiger charge is 2.36. The average molecular weight is 331 g/mol. The molecule has 1 aliphatic rings. The van der Waals surface area contributed by atoms with Crippen LogP contribution in [0.3, 0.4) is 0 Å². The van der Waals surface area contributed by atoms with Crippen molar-refractivity contribution < 1.29 is 17.9 Å². The van der Waals surface area contributed by atoms with E-state index in [9.17, 15) is 13.2 Å². The molecule has 1 aromatic heterocycles. The maximum atomic E-state index is 12.6. The lowest BCUT2D eigenvalue weighted by Crippen LogP contribution is -2.42. The molecule has 1 aliphatic heterocycles. The molecule has 0 amide bonds. The Morgan fingerprint density at radius 3 is 2.90 bits per heavy atom. The molecule has 0 aliphatic carbocycles. The van der Waals surface area contributed by atoms with Crippen LogP contribution < -0.4 is 0 Å². The van der Waals surface area contributed by atoms with Crippen LogP contribution in [0.4, 0.5) is 0 Å². The van der Waals surface area contributed by atoms with Crippen molar-refractivity contribution in [3.8, 4) is 0 Å². The van der Waals surface area contributed by atoms with E-state index in [1.54, 1.807) is 22.6 Å². The van der Waals surface area contributed by atoms with Gasteiger partial charge in [-0.05, 0) is 29.9 Å². The van der Waals surface area contributed by atoms with Crippen LogP contribution in [0.5, 0.6) is 0 Å². The highest BCUT2D eigenvalue weighted by Crippen LogP contribution is 2.37. The fraction of sp³-hybridized carbons (Fsp3) is 0.643. The zero-order chi connectivity index (χ0) is 15.6. The summed E-state index contributed by atoms with van der Waals surface area (Å²) >= 11 is 1.68. The summed E-state index contributed by atoms with van der Waals surface area (Å²) in [5, 5.41) is 2.01. The molecule has 118 valence electrons. The van der Waals surface area contributed by atoms with E-state index in [2.05, 4.69) is 4.74 Å². The normalized spacial score (nSPS) is 20.8. The molecule has 0 saturated carbocycles. The highest BCUT2D eigenvalue weighted by molar-refractivity contribution is 7.89. The van der Waals surface area contributed by atoms with Gasteiger partial charge in [0.2, 0.25) is 10.0 Å². The largest absolute Gasteiger partial charge is 0.469 e. The van der Waals surface area contributed by atoms with Gasteiger partial charge in [-0.25, -0.2) is 8.42 Å². The van der Waals surface area contributed by atoms with E-state index in [1.165, 1.54) is 12.0 Å². The van der Waals surface area contributed by atoms with E-state index in [4.69, 9.17) is 0 Å². The third-order valence-electron chi connectivity index (χ3n) is 3.85. The topological polar surface area (TPSA) is 63.7 Å². The Kier molecular flexibility index (Phi) is 5.06. The minimum atomic E-state index is -3.48. The van der Waals surface area contributed by atoms with Crippen LogP contribution in [0.25, 0.3) is 0 Å². The number of carbonyl (C=O) groups excluding carboxylic acids is 1. The van der Waals surface area contributed by atoms with Crippen molar-refractivity contribution in [1.82, 2.24) is 4.31 Å². The molecule has 1 aromatic rings. The first kappa shape index (κ1) is 16.5. The van der Waals surface area contributed by atoms with Gasteiger partial charge in [0.05, 0.1) is 24.8 Å². The Labute approximate surface area is 130 Å². The molecule has 5 nitrogen and oxygen atoms in total. The number of carbonyl (C=O) groups is 1. The van der Waals surface area contributed by atoms with Crippen LogP contribution in [0, 0.1) is 5.92 Å². The van der Waals surface area contributed by atoms with Crippen molar-refractivity contribution >= 4 is 27.3 Å². The molecule has 0 N–H and O–H groups in total. The van der Waals surface area contributed by atoms with Crippen molar-refractivity contribution in [2.75, 3.05) is 19.4 Å². The van der Waals surface area contributed by atoms with Gasteiger partial charge >= 0.3 is 5.97 Å². The molecule has 0 aromatic carbocycles. The summed E-state index contributed by atoms with van der Waals surface area (Å²) in [4.78, 5) is 12.7. The van der Waals surface area contributed by atoms with E-state index < -0.39 is 21.9 Å². The summed E-state index contributed by atoms with van der Waals surface area (Å²) in [6.07, 6.45) is 1.48. The number of rotatable bonds is 5. The fourth-order valence-electron chi connectivity index (χ4n) is 2.81. The number of hydrogen-bond donors (Lipinski definition) is 0.